The number of rotatable bonds is 7. The lowest BCUT2D eigenvalue weighted by molar-refractivity contribution is 0.270. The molecular weight excluding hydrogens is 455 g/mol. The van der Waals surface area contributed by atoms with Crippen LogP contribution in [0.25, 0.3) is 5.52 Å². The Labute approximate surface area is 173 Å². The van der Waals surface area contributed by atoms with Gasteiger partial charge < -0.3 is 11.1 Å². The van der Waals surface area contributed by atoms with E-state index in [1.165, 1.54) is 11.5 Å². The number of nitrogens with two attached hydrogens (primary N) is 1. The van der Waals surface area contributed by atoms with Gasteiger partial charge in [-0.05, 0) is 88.9 Å². The standard InChI is InChI=1S/C17H19BrClFN6S/c1-9-12(6-10(21)7-17(20)3-4-17)14(18)26-13(9)15(23-16(19)24-26)22-8-11-2-5-27-25-11/h2,5,10H,3-4,6-8,21H2,1H3,(H,22,23,24)/t10-/m1/s1. The van der Waals surface area contributed by atoms with Crippen LogP contribution in [0.5, 0.6) is 0 Å². The van der Waals surface area contributed by atoms with E-state index in [0.29, 0.717) is 38.0 Å². The largest absolute Gasteiger partial charge is 0.362 e. The van der Waals surface area contributed by atoms with Gasteiger partial charge in [0.25, 0.3) is 0 Å². The van der Waals surface area contributed by atoms with Crippen molar-refractivity contribution in [2.24, 2.45) is 5.73 Å². The fraction of sp³-hybridized carbons (Fsp3) is 0.471. The average Bonchev–Trinajstić information content (AvgIpc) is 3.04. The lowest BCUT2D eigenvalue weighted by Gasteiger charge is -2.14. The Kier molecular flexibility index (Phi) is 5.13. The average molecular weight is 474 g/mol. The molecule has 0 spiro atoms. The van der Waals surface area contributed by atoms with E-state index >= 15 is 0 Å². The van der Waals surface area contributed by atoms with Crippen molar-refractivity contribution in [2.45, 2.75) is 50.9 Å². The summed E-state index contributed by atoms with van der Waals surface area (Å²) in [5, 5.41) is 9.66. The highest BCUT2D eigenvalue weighted by atomic mass is 79.9. The van der Waals surface area contributed by atoms with Gasteiger partial charge in [0.05, 0.1) is 12.2 Å². The van der Waals surface area contributed by atoms with Crippen molar-refractivity contribution >= 4 is 50.4 Å². The molecule has 0 amide bonds. The quantitative estimate of drug-likeness (QED) is 0.535. The monoisotopic (exact) mass is 472 g/mol. The Hall–Kier alpha value is -1.29. The van der Waals surface area contributed by atoms with E-state index < -0.39 is 5.67 Å². The fourth-order valence-corrected chi connectivity index (χ4v) is 4.73. The fourth-order valence-electron chi connectivity index (χ4n) is 3.31. The maximum Gasteiger partial charge on any atom is 0.243 e. The van der Waals surface area contributed by atoms with Gasteiger partial charge in [-0.1, -0.05) is 0 Å². The molecule has 1 atom stereocenters. The van der Waals surface area contributed by atoms with Crippen LogP contribution >= 0.6 is 39.1 Å². The Bertz CT molecular complexity index is 972. The van der Waals surface area contributed by atoms with Crippen LogP contribution in [0, 0.1) is 6.92 Å². The molecular formula is C17H19BrClFN6S. The number of nitrogens with zero attached hydrogens (tertiary/aromatic N) is 4. The molecule has 0 bridgehead atoms. The Morgan fingerprint density at radius 3 is 2.96 bits per heavy atom. The van der Waals surface area contributed by atoms with Crippen LogP contribution in [0.15, 0.2) is 16.0 Å². The van der Waals surface area contributed by atoms with Gasteiger partial charge in [-0.25, -0.2) is 8.91 Å². The molecule has 1 aliphatic rings. The summed E-state index contributed by atoms with van der Waals surface area (Å²) < 4.78 is 20.8. The lowest BCUT2D eigenvalue weighted by atomic mass is 10.0. The number of hydrogen-bond donors (Lipinski definition) is 2. The summed E-state index contributed by atoms with van der Waals surface area (Å²) in [5.74, 6) is 0.630. The van der Waals surface area contributed by atoms with E-state index in [9.17, 15) is 4.39 Å². The van der Waals surface area contributed by atoms with Crippen molar-refractivity contribution in [3.8, 4) is 0 Å². The second-order valence-corrected chi connectivity index (χ2v) is 8.80. The van der Waals surface area contributed by atoms with Crippen LogP contribution < -0.4 is 11.1 Å². The van der Waals surface area contributed by atoms with Gasteiger partial charge >= 0.3 is 0 Å². The first kappa shape index (κ1) is 19.0. The second-order valence-electron chi connectivity index (χ2n) is 7.05. The number of alkyl halides is 1. The summed E-state index contributed by atoms with van der Waals surface area (Å²) in [6, 6.07) is 1.70. The minimum atomic E-state index is -1.07. The molecule has 27 heavy (non-hydrogen) atoms. The molecule has 3 heterocycles. The molecule has 0 radical (unpaired) electrons. The number of fused-ring (bicyclic) bond motifs is 1. The predicted molar refractivity (Wildman–Crippen MR) is 109 cm³/mol. The normalized spacial score (nSPS) is 16.6. The van der Waals surface area contributed by atoms with Crippen LogP contribution in [0.4, 0.5) is 10.2 Å². The van der Waals surface area contributed by atoms with Crippen molar-refractivity contribution in [1.29, 1.82) is 0 Å². The van der Waals surface area contributed by atoms with Gasteiger partial charge in [-0.2, -0.15) is 9.36 Å². The molecule has 3 aromatic heterocycles. The molecule has 0 aliphatic heterocycles. The smallest absolute Gasteiger partial charge is 0.243 e. The van der Waals surface area contributed by atoms with Crippen molar-refractivity contribution in [3.63, 3.8) is 0 Å². The molecule has 3 aromatic rings. The van der Waals surface area contributed by atoms with Crippen LogP contribution in [0.3, 0.4) is 0 Å². The van der Waals surface area contributed by atoms with Crippen molar-refractivity contribution in [1.82, 2.24) is 19.0 Å². The molecule has 1 fully saturated rings. The topological polar surface area (TPSA) is 81.1 Å². The zero-order valence-corrected chi connectivity index (χ0v) is 17.8. The van der Waals surface area contributed by atoms with E-state index in [-0.39, 0.29) is 11.3 Å². The molecule has 144 valence electrons. The van der Waals surface area contributed by atoms with Crippen LogP contribution in [-0.4, -0.2) is 30.7 Å². The third kappa shape index (κ3) is 3.96. The molecule has 3 N–H and O–H groups in total. The first-order chi connectivity index (χ1) is 12.9. The van der Waals surface area contributed by atoms with Crippen LogP contribution in [0.1, 0.15) is 36.1 Å². The van der Waals surface area contributed by atoms with E-state index in [0.717, 1.165) is 26.9 Å². The zero-order valence-electron chi connectivity index (χ0n) is 14.7. The molecule has 0 aromatic carbocycles. The van der Waals surface area contributed by atoms with Gasteiger partial charge in [0.1, 0.15) is 15.8 Å². The highest BCUT2D eigenvalue weighted by Crippen LogP contribution is 2.44. The van der Waals surface area contributed by atoms with Crippen molar-refractivity contribution < 1.29 is 4.39 Å². The van der Waals surface area contributed by atoms with E-state index in [1.807, 2.05) is 18.4 Å². The van der Waals surface area contributed by atoms with Gasteiger partial charge in [0.2, 0.25) is 5.28 Å². The summed E-state index contributed by atoms with van der Waals surface area (Å²) in [5.41, 5.74) is 8.91. The molecule has 6 nitrogen and oxygen atoms in total. The lowest BCUT2D eigenvalue weighted by Crippen LogP contribution is -2.27. The number of anilines is 1. The van der Waals surface area contributed by atoms with E-state index in [1.54, 1.807) is 4.52 Å². The Morgan fingerprint density at radius 1 is 1.52 bits per heavy atom. The first-order valence-corrected chi connectivity index (χ1v) is 10.7. The maximum atomic E-state index is 14.1. The first-order valence-electron chi connectivity index (χ1n) is 8.67. The zero-order chi connectivity index (χ0) is 19.2. The number of hydrogen-bond acceptors (Lipinski definition) is 6. The second kappa shape index (κ2) is 7.27. The van der Waals surface area contributed by atoms with Gasteiger partial charge in [-0.3, -0.25) is 0 Å². The number of aromatic nitrogens is 4. The summed E-state index contributed by atoms with van der Waals surface area (Å²) >= 11 is 11.1. The third-order valence-electron chi connectivity index (χ3n) is 4.88. The van der Waals surface area contributed by atoms with Gasteiger partial charge in [0.15, 0.2) is 5.82 Å². The minimum Gasteiger partial charge on any atom is -0.362 e. The molecule has 10 heteroatoms. The highest BCUT2D eigenvalue weighted by Gasteiger charge is 2.44. The van der Waals surface area contributed by atoms with Crippen molar-refractivity contribution in [2.75, 3.05) is 5.32 Å². The maximum absolute atomic E-state index is 14.1. The van der Waals surface area contributed by atoms with E-state index in [2.05, 4.69) is 35.7 Å². The van der Waals surface area contributed by atoms with E-state index in [4.69, 9.17) is 17.3 Å². The molecule has 1 saturated carbocycles. The van der Waals surface area contributed by atoms with Crippen LogP contribution in [-0.2, 0) is 13.0 Å². The van der Waals surface area contributed by atoms with Crippen LogP contribution in [0.2, 0.25) is 5.28 Å². The predicted octanol–water partition coefficient (Wildman–Crippen LogP) is 4.28. The third-order valence-corrected chi connectivity index (χ3v) is 6.45. The number of nitrogens with one attached hydrogen (secondary N) is 1. The summed E-state index contributed by atoms with van der Waals surface area (Å²) in [6.45, 7) is 2.53. The summed E-state index contributed by atoms with van der Waals surface area (Å²) in [7, 11) is 0. The summed E-state index contributed by atoms with van der Waals surface area (Å²) in [6.07, 6.45) is 2.17. The molecule has 4 rings (SSSR count). The number of aryl methyl sites for hydroxylation is 1. The molecule has 0 unspecified atom stereocenters. The summed E-state index contributed by atoms with van der Waals surface area (Å²) in [4.78, 5) is 4.35. The minimum absolute atomic E-state index is 0.135. The van der Waals surface area contributed by atoms with Gasteiger partial charge in [0, 0.05) is 11.4 Å². The van der Waals surface area contributed by atoms with Crippen molar-refractivity contribution in [3.05, 3.63) is 38.2 Å². The molecule has 0 saturated heterocycles. The SMILES string of the molecule is Cc1c(C[C@@H](N)CC2(F)CC2)c(Br)n2nc(Cl)nc(NCc3ccsn3)c12. The Morgan fingerprint density at radius 2 is 2.30 bits per heavy atom. The number of halogens is 3. The highest BCUT2D eigenvalue weighted by molar-refractivity contribution is 9.10. The Balaban J connectivity index is 1.65. The van der Waals surface area contributed by atoms with Gasteiger partial charge in [-0.15, -0.1) is 5.10 Å². The molecule has 1 aliphatic carbocycles.